The topological polar surface area (TPSA) is 54.9 Å². The van der Waals surface area contributed by atoms with E-state index >= 15 is 0 Å². The van der Waals surface area contributed by atoms with Gasteiger partial charge in [-0.15, -0.1) is 24.0 Å². The summed E-state index contributed by atoms with van der Waals surface area (Å²) in [5, 5.41) is 7.89. The SMILES string of the molecule is CN=C(NCCCCOCCOC)NC(C)c1ccc(Cl)cc1Cl.I. The van der Waals surface area contributed by atoms with Crippen LogP contribution in [0.4, 0.5) is 0 Å². The molecule has 5 nitrogen and oxygen atoms in total. The first-order valence-electron chi connectivity index (χ1n) is 8.07. The van der Waals surface area contributed by atoms with Gasteiger partial charge in [-0.1, -0.05) is 29.3 Å². The van der Waals surface area contributed by atoms with Crippen LogP contribution < -0.4 is 10.6 Å². The lowest BCUT2D eigenvalue weighted by Gasteiger charge is -2.19. The summed E-state index contributed by atoms with van der Waals surface area (Å²) in [4.78, 5) is 4.24. The van der Waals surface area contributed by atoms with Gasteiger partial charge in [-0.2, -0.15) is 0 Å². The van der Waals surface area contributed by atoms with Crippen molar-refractivity contribution in [3.8, 4) is 0 Å². The molecule has 1 unspecified atom stereocenters. The number of aliphatic imine (C=N–C) groups is 1. The third kappa shape index (κ3) is 10.5. The Balaban J connectivity index is 0.00000576. The predicted octanol–water partition coefficient (Wildman–Crippen LogP) is 4.28. The number of methoxy groups -OCH3 is 1. The van der Waals surface area contributed by atoms with Crippen LogP contribution in [0.5, 0.6) is 0 Å². The third-order valence-electron chi connectivity index (χ3n) is 3.45. The molecular formula is C17H28Cl2IN3O2. The monoisotopic (exact) mass is 503 g/mol. The molecule has 0 bridgehead atoms. The Labute approximate surface area is 177 Å². The number of ether oxygens (including phenoxy) is 2. The maximum absolute atomic E-state index is 6.24. The number of guanidine groups is 1. The molecule has 0 heterocycles. The number of unbranched alkanes of at least 4 members (excludes halogenated alkanes) is 1. The average molecular weight is 504 g/mol. The van der Waals surface area contributed by atoms with Crippen molar-refractivity contribution in [1.82, 2.24) is 10.6 Å². The van der Waals surface area contributed by atoms with Gasteiger partial charge >= 0.3 is 0 Å². The highest BCUT2D eigenvalue weighted by Gasteiger charge is 2.11. The molecule has 0 saturated heterocycles. The van der Waals surface area contributed by atoms with Crippen LogP contribution in [0.3, 0.4) is 0 Å². The van der Waals surface area contributed by atoms with Gasteiger partial charge in [0.2, 0.25) is 0 Å². The van der Waals surface area contributed by atoms with E-state index in [1.54, 1.807) is 20.2 Å². The molecule has 1 atom stereocenters. The van der Waals surface area contributed by atoms with E-state index in [0.717, 1.165) is 37.5 Å². The zero-order chi connectivity index (χ0) is 17.8. The van der Waals surface area contributed by atoms with E-state index in [0.29, 0.717) is 23.3 Å². The lowest BCUT2D eigenvalue weighted by Crippen LogP contribution is -2.39. The molecular weight excluding hydrogens is 476 g/mol. The molecule has 1 aromatic carbocycles. The van der Waals surface area contributed by atoms with Gasteiger partial charge in [0.25, 0.3) is 0 Å². The fourth-order valence-corrected chi connectivity index (χ4v) is 2.68. The van der Waals surface area contributed by atoms with Crippen molar-refractivity contribution in [1.29, 1.82) is 0 Å². The molecule has 0 fully saturated rings. The van der Waals surface area contributed by atoms with Gasteiger partial charge in [0.15, 0.2) is 5.96 Å². The van der Waals surface area contributed by atoms with Gasteiger partial charge in [0, 0.05) is 37.4 Å². The van der Waals surface area contributed by atoms with E-state index in [-0.39, 0.29) is 30.0 Å². The molecule has 0 radical (unpaired) electrons. The van der Waals surface area contributed by atoms with Gasteiger partial charge in [0.1, 0.15) is 0 Å². The Morgan fingerprint density at radius 3 is 2.60 bits per heavy atom. The average Bonchev–Trinajstić information content (AvgIpc) is 2.55. The van der Waals surface area contributed by atoms with Crippen molar-refractivity contribution in [2.24, 2.45) is 4.99 Å². The first-order chi connectivity index (χ1) is 11.6. The lowest BCUT2D eigenvalue weighted by molar-refractivity contribution is 0.0689. The van der Waals surface area contributed by atoms with E-state index in [4.69, 9.17) is 32.7 Å². The molecule has 0 aliphatic rings. The van der Waals surface area contributed by atoms with Crippen LogP contribution >= 0.6 is 47.2 Å². The van der Waals surface area contributed by atoms with Crippen LogP contribution in [-0.2, 0) is 9.47 Å². The number of hydrogen-bond donors (Lipinski definition) is 2. The van der Waals surface area contributed by atoms with E-state index < -0.39 is 0 Å². The minimum atomic E-state index is 0. The molecule has 0 aliphatic carbocycles. The molecule has 2 N–H and O–H groups in total. The van der Waals surface area contributed by atoms with E-state index in [1.807, 2.05) is 19.1 Å². The molecule has 0 aromatic heterocycles. The second-order valence-electron chi connectivity index (χ2n) is 5.34. The van der Waals surface area contributed by atoms with E-state index in [9.17, 15) is 0 Å². The zero-order valence-corrected chi connectivity index (χ0v) is 18.8. The minimum absolute atomic E-state index is 0. The van der Waals surface area contributed by atoms with E-state index in [1.165, 1.54) is 0 Å². The fraction of sp³-hybridized carbons (Fsp3) is 0.588. The molecule has 8 heteroatoms. The van der Waals surface area contributed by atoms with Crippen LogP contribution in [0, 0.1) is 0 Å². The molecule has 0 aliphatic heterocycles. The first-order valence-corrected chi connectivity index (χ1v) is 8.83. The second-order valence-corrected chi connectivity index (χ2v) is 6.19. The minimum Gasteiger partial charge on any atom is -0.382 e. The molecule has 144 valence electrons. The summed E-state index contributed by atoms with van der Waals surface area (Å²) < 4.78 is 10.4. The van der Waals surface area contributed by atoms with Crippen molar-refractivity contribution < 1.29 is 9.47 Å². The van der Waals surface area contributed by atoms with Crippen LogP contribution in [0.2, 0.25) is 10.0 Å². The quantitative estimate of drug-likeness (QED) is 0.216. The number of halogens is 3. The summed E-state index contributed by atoms with van der Waals surface area (Å²) in [5.74, 6) is 0.744. The van der Waals surface area contributed by atoms with Gasteiger partial charge in [0.05, 0.1) is 19.3 Å². The fourth-order valence-electron chi connectivity index (χ4n) is 2.11. The Hall–Kier alpha value is -0.280. The molecule has 0 amide bonds. The van der Waals surface area contributed by atoms with Crippen molar-refractivity contribution in [2.45, 2.75) is 25.8 Å². The Bertz CT molecular complexity index is 519. The highest BCUT2D eigenvalue weighted by molar-refractivity contribution is 14.0. The normalized spacial score (nSPS) is 12.4. The maximum Gasteiger partial charge on any atom is 0.191 e. The van der Waals surface area contributed by atoms with Gasteiger partial charge < -0.3 is 20.1 Å². The Morgan fingerprint density at radius 2 is 1.96 bits per heavy atom. The summed E-state index contributed by atoms with van der Waals surface area (Å²) in [6.07, 6.45) is 2.00. The largest absolute Gasteiger partial charge is 0.382 e. The zero-order valence-electron chi connectivity index (χ0n) is 15.0. The lowest BCUT2D eigenvalue weighted by atomic mass is 10.1. The smallest absolute Gasteiger partial charge is 0.191 e. The van der Waals surface area contributed by atoms with Crippen LogP contribution in [-0.4, -0.2) is 46.5 Å². The number of benzene rings is 1. The second kappa shape index (κ2) is 14.8. The van der Waals surface area contributed by atoms with Crippen molar-refractivity contribution in [3.63, 3.8) is 0 Å². The Morgan fingerprint density at radius 1 is 1.20 bits per heavy atom. The molecule has 0 spiro atoms. The van der Waals surface area contributed by atoms with Crippen LogP contribution in [0.1, 0.15) is 31.4 Å². The Kier molecular flexibility index (Phi) is 14.7. The number of hydrogen-bond acceptors (Lipinski definition) is 3. The molecule has 0 saturated carbocycles. The van der Waals surface area contributed by atoms with Gasteiger partial charge in [-0.3, -0.25) is 4.99 Å². The van der Waals surface area contributed by atoms with Gasteiger partial charge in [-0.25, -0.2) is 0 Å². The molecule has 1 aromatic rings. The predicted molar refractivity (Wildman–Crippen MR) is 117 cm³/mol. The maximum atomic E-state index is 6.24. The molecule has 1 rings (SSSR count). The van der Waals surface area contributed by atoms with Crippen molar-refractivity contribution in [3.05, 3.63) is 33.8 Å². The summed E-state index contributed by atoms with van der Waals surface area (Å²) in [6.45, 7) is 4.89. The summed E-state index contributed by atoms with van der Waals surface area (Å²) in [5.41, 5.74) is 0.982. The van der Waals surface area contributed by atoms with Crippen LogP contribution in [0.15, 0.2) is 23.2 Å². The highest BCUT2D eigenvalue weighted by atomic mass is 127. The number of nitrogens with one attached hydrogen (secondary N) is 2. The van der Waals surface area contributed by atoms with E-state index in [2.05, 4.69) is 15.6 Å². The highest BCUT2D eigenvalue weighted by Crippen LogP contribution is 2.25. The molecule has 25 heavy (non-hydrogen) atoms. The van der Waals surface area contributed by atoms with Crippen molar-refractivity contribution >= 4 is 53.1 Å². The van der Waals surface area contributed by atoms with Gasteiger partial charge in [-0.05, 0) is 37.5 Å². The standard InChI is InChI=1S/C17H27Cl2N3O2.HI/c1-13(15-7-6-14(18)12-16(15)19)22-17(20-2)21-8-4-5-9-24-11-10-23-3;/h6-7,12-13H,4-5,8-11H2,1-3H3,(H2,20,21,22);1H. The number of rotatable bonds is 10. The number of nitrogens with zero attached hydrogens (tertiary/aromatic N) is 1. The summed E-state index contributed by atoms with van der Waals surface area (Å²) >= 11 is 12.2. The summed E-state index contributed by atoms with van der Waals surface area (Å²) in [7, 11) is 3.42. The van der Waals surface area contributed by atoms with Crippen molar-refractivity contribution in [2.75, 3.05) is 40.5 Å². The van der Waals surface area contributed by atoms with Crippen LogP contribution in [0.25, 0.3) is 0 Å². The summed E-state index contributed by atoms with van der Waals surface area (Å²) in [6, 6.07) is 5.53. The first kappa shape index (κ1) is 24.7. The third-order valence-corrected chi connectivity index (χ3v) is 4.01.